The van der Waals surface area contributed by atoms with E-state index in [1.807, 2.05) is 0 Å². The summed E-state index contributed by atoms with van der Waals surface area (Å²) in [6.07, 6.45) is 2.46. The van der Waals surface area contributed by atoms with E-state index in [1.165, 1.54) is 6.92 Å². The number of alkyl halides is 1. The van der Waals surface area contributed by atoms with Gasteiger partial charge in [-0.1, -0.05) is 0 Å². The second-order valence-corrected chi connectivity index (χ2v) is 3.44. The largest absolute Gasteiger partial charge is 0.344 e. The van der Waals surface area contributed by atoms with Crippen LogP contribution in [0.2, 0.25) is 0 Å². The molecule has 0 spiro atoms. The molecule has 68 valence electrons. The lowest BCUT2D eigenvalue weighted by molar-refractivity contribution is -0.133. The van der Waals surface area contributed by atoms with Crippen molar-refractivity contribution >= 4 is 23.3 Å². The molecule has 1 rings (SSSR count). The molecule has 0 bridgehead atoms. The first-order chi connectivity index (χ1) is 5.60. The summed E-state index contributed by atoms with van der Waals surface area (Å²) >= 11 is 5.43. The van der Waals surface area contributed by atoms with Crippen LogP contribution in [0.25, 0.3) is 0 Å². The predicted octanol–water partition coefficient (Wildman–Crippen LogP) is 0.853. The molecule has 0 saturated heterocycles. The fraction of sp³-hybridized carbons (Fsp3) is 0.750. The Morgan fingerprint density at radius 2 is 2.08 bits per heavy atom. The monoisotopic (exact) mass is 189 g/mol. The molecule has 1 amide bonds. The molecule has 12 heavy (non-hydrogen) atoms. The molecule has 0 heterocycles. The van der Waals surface area contributed by atoms with Crippen LogP contribution in [0.1, 0.15) is 26.2 Å². The van der Waals surface area contributed by atoms with Crippen LogP contribution in [-0.4, -0.2) is 23.1 Å². The molecule has 3 nitrogen and oxygen atoms in total. The maximum Gasteiger partial charge on any atom is 0.217 e. The number of rotatable bonds is 3. The van der Waals surface area contributed by atoms with Crippen molar-refractivity contribution < 1.29 is 9.59 Å². The van der Waals surface area contributed by atoms with E-state index in [9.17, 15) is 9.59 Å². The Labute approximate surface area is 76.5 Å². The second kappa shape index (κ2) is 3.44. The summed E-state index contributed by atoms with van der Waals surface area (Å²) in [5, 5.41) is 2.67. The summed E-state index contributed by atoms with van der Waals surface area (Å²) < 4.78 is 0. The molecule has 0 aromatic rings. The quantitative estimate of drug-likeness (QED) is 0.670. The Hall–Kier alpha value is -0.570. The average molecular weight is 190 g/mol. The number of nitrogens with one attached hydrogen (secondary N) is 1. The highest BCUT2D eigenvalue weighted by Gasteiger charge is 2.43. The Morgan fingerprint density at radius 3 is 2.33 bits per heavy atom. The Kier molecular flexibility index (Phi) is 2.73. The highest BCUT2D eigenvalue weighted by Crippen LogP contribution is 2.32. The van der Waals surface area contributed by atoms with E-state index >= 15 is 0 Å². The third-order valence-electron chi connectivity index (χ3n) is 2.28. The van der Waals surface area contributed by atoms with Gasteiger partial charge in [0.2, 0.25) is 5.91 Å². The van der Waals surface area contributed by atoms with Crippen LogP contribution in [0.3, 0.4) is 0 Å². The van der Waals surface area contributed by atoms with Crippen molar-refractivity contribution in [2.24, 2.45) is 0 Å². The third kappa shape index (κ3) is 1.61. The fourth-order valence-electron chi connectivity index (χ4n) is 1.47. The molecule has 0 radical (unpaired) electrons. The van der Waals surface area contributed by atoms with Gasteiger partial charge in [-0.3, -0.25) is 9.59 Å². The normalized spacial score (nSPS) is 19.5. The van der Waals surface area contributed by atoms with Crippen molar-refractivity contribution in [3.8, 4) is 0 Å². The van der Waals surface area contributed by atoms with E-state index in [4.69, 9.17) is 11.6 Å². The second-order valence-electron chi connectivity index (χ2n) is 3.17. The van der Waals surface area contributed by atoms with Gasteiger partial charge >= 0.3 is 0 Å². The molecule has 1 fully saturated rings. The summed E-state index contributed by atoms with van der Waals surface area (Å²) in [6.45, 7) is 1.42. The van der Waals surface area contributed by atoms with Gasteiger partial charge in [-0.25, -0.2) is 0 Å². The molecular weight excluding hydrogens is 178 g/mol. The Bertz CT molecular complexity index is 211. The number of carbonyl (C=O) groups is 2. The van der Waals surface area contributed by atoms with Crippen molar-refractivity contribution in [2.45, 2.75) is 31.7 Å². The summed E-state index contributed by atoms with van der Waals surface area (Å²) in [7, 11) is 0. The SMILES string of the molecule is CC(=O)NC1(C(=O)CCl)CCC1. The van der Waals surface area contributed by atoms with Crippen LogP contribution in [0, 0.1) is 0 Å². The minimum atomic E-state index is -0.617. The van der Waals surface area contributed by atoms with Crippen molar-refractivity contribution in [1.82, 2.24) is 5.32 Å². The van der Waals surface area contributed by atoms with E-state index in [-0.39, 0.29) is 17.6 Å². The lowest BCUT2D eigenvalue weighted by Gasteiger charge is -2.40. The summed E-state index contributed by atoms with van der Waals surface area (Å²) in [5.41, 5.74) is -0.617. The summed E-state index contributed by atoms with van der Waals surface area (Å²) in [5.74, 6) is -0.237. The molecular formula is C8H12ClNO2. The number of amides is 1. The molecule has 0 unspecified atom stereocenters. The zero-order valence-corrected chi connectivity index (χ0v) is 7.78. The van der Waals surface area contributed by atoms with Gasteiger partial charge in [0.25, 0.3) is 0 Å². The van der Waals surface area contributed by atoms with Gasteiger partial charge in [0, 0.05) is 6.92 Å². The smallest absolute Gasteiger partial charge is 0.217 e. The number of halogens is 1. The zero-order valence-electron chi connectivity index (χ0n) is 7.02. The number of ketones is 1. The zero-order chi connectivity index (χ0) is 9.19. The number of hydrogen-bond acceptors (Lipinski definition) is 2. The lowest BCUT2D eigenvalue weighted by Crippen LogP contribution is -2.59. The van der Waals surface area contributed by atoms with Crippen LogP contribution in [0.15, 0.2) is 0 Å². The Morgan fingerprint density at radius 1 is 1.50 bits per heavy atom. The van der Waals surface area contributed by atoms with Crippen LogP contribution in [-0.2, 0) is 9.59 Å². The molecule has 0 aromatic heterocycles. The van der Waals surface area contributed by atoms with E-state index in [1.54, 1.807) is 0 Å². The first-order valence-corrected chi connectivity index (χ1v) is 4.52. The molecule has 1 N–H and O–H groups in total. The van der Waals surface area contributed by atoms with Crippen LogP contribution >= 0.6 is 11.6 Å². The minimum Gasteiger partial charge on any atom is -0.344 e. The highest BCUT2D eigenvalue weighted by molar-refractivity contribution is 6.29. The first-order valence-electron chi connectivity index (χ1n) is 3.99. The van der Waals surface area contributed by atoms with Crippen molar-refractivity contribution in [3.63, 3.8) is 0 Å². The molecule has 1 aliphatic rings. The molecule has 0 aromatic carbocycles. The van der Waals surface area contributed by atoms with Gasteiger partial charge in [0.1, 0.15) is 0 Å². The number of hydrogen-bond donors (Lipinski definition) is 1. The fourth-order valence-corrected chi connectivity index (χ4v) is 1.72. The molecule has 4 heteroatoms. The standard InChI is InChI=1S/C8H12ClNO2/c1-6(11)10-8(3-2-4-8)7(12)5-9/h2-5H2,1H3,(H,10,11). The molecule has 1 aliphatic carbocycles. The molecule has 1 saturated carbocycles. The maximum atomic E-state index is 11.3. The average Bonchev–Trinajstić information content (AvgIpc) is 1.95. The van der Waals surface area contributed by atoms with E-state index in [2.05, 4.69) is 5.32 Å². The number of Topliss-reactive ketones (excluding diaryl/α,β-unsaturated/α-hetero) is 1. The van der Waals surface area contributed by atoms with Crippen molar-refractivity contribution in [2.75, 3.05) is 5.88 Å². The van der Waals surface area contributed by atoms with Gasteiger partial charge in [0.15, 0.2) is 5.78 Å². The van der Waals surface area contributed by atoms with Gasteiger partial charge in [0.05, 0.1) is 11.4 Å². The van der Waals surface area contributed by atoms with Crippen LogP contribution in [0.5, 0.6) is 0 Å². The Balaban J connectivity index is 2.62. The van der Waals surface area contributed by atoms with Gasteiger partial charge in [-0.2, -0.15) is 0 Å². The summed E-state index contributed by atoms with van der Waals surface area (Å²) in [6, 6.07) is 0. The number of carbonyl (C=O) groups excluding carboxylic acids is 2. The molecule has 0 aliphatic heterocycles. The van der Waals surface area contributed by atoms with E-state index < -0.39 is 5.54 Å². The first kappa shape index (κ1) is 9.52. The van der Waals surface area contributed by atoms with Gasteiger partial charge in [-0.15, -0.1) is 11.6 Å². The third-order valence-corrected chi connectivity index (χ3v) is 2.52. The van der Waals surface area contributed by atoms with Gasteiger partial charge < -0.3 is 5.32 Å². The topological polar surface area (TPSA) is 46.2 Å². The molecule has 0 atom stereocenters. The van der Waals surface area contributed by atoms with Crippen LogP contribution in [0.4, 0.5) is 0 Å². The minimum absolute atomic E-state index is 0.0136. The van der Waals surface area contributed by atoms with Crippen LogP contribution < -0.4 is 5.32 Å². The van der Waals surface area contributed by atoms with Crippen molar-refractivity contribution in [3.05, 3.63) is 0 Å². The summed E-state index contributed by atoms with van der Waals surface area (Å²) in [4.78, 5) is 22.1. The van der Waals surface area contributed by atoms with E-state index in [0.29, 0.717) is 0 Å². The lowest BCUT2D eigenvalue weighted by atomic mass is 9.74. The highest BCUT2D eigenvalue weighted by atomic mass is 35.5. The van der Waals surface area contributed by atoms with Gasteiger partial charge in [-0.05, 0) is 19.3 Å². The predicted molar refractivity (Wildman–Crippen MR) is 46.1 cm³/mol. The van der Waals surface area contributed by atoms with E-state index in [0.717, 1.165) is 19.3 Å². The van der Waals surface area contributed by atoms with Crippen molar-refractivity contribution in [1.29, 1.82) is 0 Å². The maximum absolute atomic E-state index is 11.3.